The van der Waals surface area contributed by atoms with E-state index in [1.54, 1.807) is 0 Å². The van der Waals surface area contributed by atoms with Crippen molar-refractivity contribution in [3.05, 3.63) is 67.5 Å². The summed E-state index contributed by atoms with van der Waals surface area (Å²) in [5, 5.41) is 49.2. The number of nitrogens with zero attached hydrogens (tertiary/aromatic N) is 4. The first-order chi connectivity index (χ1) is 29.6. The Kier molecular flexibility index (Phi) is 20.0. The van der Waals surface area contributed by atoms with Crippen LogP contribution in [0.15, 0.2) is 33.9 Å². The lowest BCUT2D eigenvalue weighted by molar-refractivity contribution is -0.141. The number of unbranched alkanes of at least 4 members (excludes halogenated alkanes) is 2. The Labute approximate surface area is 353 Å². The topological polar surface area (TPSA) is 366 Å². The predicted molar refractivity (Wildman–Crippen MR) is 212 cm³/mol. The number of amides is 8. The normalized spacial score (nSPS) is 16.7. The number of hydrogen-bond acceptors (Lipinski definition) is 15. The molecule has 0 saturated heterocycles. The molecule has 0 fully saturated rings. The van der Waals surface area contributed by atoms with E-state index in [-0.39, 0.29) is 87.4 Å². The van der Waals surface area contributed by atoms with E-state index < -0.39 is 99.8 Å². The third-order valence-corrected chi connectivity index (χ3v) is 9.64. The molecule has 0 aromatic carbocycles. The zero-order valence-electron chi connectivity index (χ0n) is 33.9. The second-order valence-corrected chi connectivity index (χ2v) is 14.1. The van der Waals surface area contributed by atoms with E-state index in [2.05, 4.69) is 21.3 Å². The summed E-state index contributed by atoms with van der Waals surface area (Å²) in [5.74, 6) is -7.08. The predicted octanol–water partition coefficient (Wildman–Crippen LogP) is -2.99. The van der Waals surface area contributed by atoms with Crippen molar-refractivity contribution in [2.45, 2.75) is 70.3 Å². The van der Waals surface area contributed by atoms with Gasteiger partial charge in [0.1, 0.15) is 35.4 Å². The number of carbonyl (C=O) groups excluding carboxylic acids is 8. The van der Waals surface area contributed by atoms with Gasteiger partial charge < -0.3 is 47.2 Å². The highest BCUT2D eigenvalue weighted by Crippen LogP contribution is 2.09. The summed E-state index contributed by atoms with van der Waals surface area (Å²) in [4.78, 5) is 130. The van der Waals surface area contributed by atoms with Crippen LogP contribution in [0.3, 0.4) is 0 Å². The molecule has 3 aliphatic rings. The number of fused-ring (bicyclic) bond motifs is 2. The van der Waals surface area contributed by atoms with E-state index in [0.717, 1.165) is 24.3 Å². The molecule has 2 aromatic heterocycles. The fourth-order valence-electron chi connectivity index (χ4n) is 6.29. The molecule has 340 valence electrons. The number of nitrogens with one attached hydrogen (secondary N) is 6. The minimum Gasteiger partial charge on any atom is -0.425 e. The van der Waals surface area contributed by atoms with Crippen LogP contribution in [0.2, 0.25) is 0 Å². The quantitative estimate of drug-likeness (QED) is 0.0394. The summed E-state index contributed by atoms with van der Waals surface area (Å²) in [6.07, 6.45) is 1.39. The zero-order chi connectivity index (χ0) is 45.8. The van der Waals surface area contributed by atoms with Gasteiger partial charge in [0, 0.05) is 51.9 Å². The second-order valence-electron chi connectivity index (χ2n) is 14.1. The average Bonchev–Trinajstić information content (AvgIpc) is 3.24. The van der Waals surface area contributed by atoms with Crippen LogP contribution in [0.25, 0.3) is 0 Å². The van der Waals surface area contributed by atoms with E-state index in [0.29, 0.717) is 25.8 Å². The third-order valence-electron chi connectivity index (χ3n) is 9.64. The van der Waals surface area contributed by atoms with Gasteiger partial charge in [-0.1, -0.05) is 12.8 Å². The Hall–Kier alpha value is -6.86. The van der Waals surface area contributed by atoms with E-state index in [9.17, 15) is 58.4 Å². The molecule has 0 unspecified atom stereocenters. The highest BCUT2D eigenvalue weighted by molar-refractivity contribution is 5.98. The van der Waals surface area contributed by atoms with Crippen LogP contribution in [0.1, 0.15) is 106 Å². The van der Waals surface area contributed by atoms with Crippen LogP contribution < -0.4 is 49.1 Å². The molecule has 0 saturated carbocycles. The summed E-state index contributed by atoms with van der Waals surface area (Å²) in [7, 11) is 0. The molecule has 5 rings (SSSR count). The molecule has 8 amide bonds. The second kappa shape index (κ2) is 25.0. The minimum atomic E-state index is -1.24. The maximum atomic E-state index is 13.3. The molecule has 1 atom stereocenters. The zero-order valence-corrected chi connectivity index (χ0v) is 33.9. The van der Waals surface area contributed by atoms with Crippen LogP contribution in [-0.4, -0.2) is 146 Å². The summed E-state index contributed by atoms with van der Waals surface area (Å²) >= 11 is 0. The molecule has 25 heteroatoms. The number of carbonyl (C=O) groups is 8. The first-order valence-corrected chi connectivity index (χ1v) is 19.8. The maximum absolute atomic E-state index is 13.3. The summed E-state index contributed by atoms with van der Waals surface area (Å²) < 4.78 is -0.0405. The van der Waals surface area contributed by atoms with Crippen LogP contribution >= 0.6 is 0 Å². The summed E-state index contributed by atoms with van der Waals surface area (Å²) in [6, 6.07) is 3.26. The van der Waals surface area contributed by atoms with Gasteiger partial charge in [0.05, 0.1) is 0 Å². The van der Waals surface area contributed by atoms with Gasteiger partial charge in [0.2, 0.25) is 11.8 Å². The average molecular weight is 876 g/mol. The largest absolute Gasteiger partial charge is 0.425 e. The van der Waals surface area contributed by atoms with Gasteiger partial charge in [-0.15, -0.1) is 9.46 Å². The van der Waals surface area contributed by atoms with Crippen molar-refractivity contribution in [1.29, 1.82) is 0 Å². The summed E-state index contributed by atoms with van der Waals surface area (Å²) in [5.41, 5.74) is 3.69. The lowest BCUT2D eigenvalue weighted by Crippen LogP contribution is -2.46. The smallest absolute Gasteiger partial charge is 0.296 e. The third kappa shape index (κ3) is 14.7. The van der Waals surface area contributed by atoms with Crippen LogP contribution in [0.4, 0.5) is 0 Å². The van der Waals surface area contributed by atoms with Gasteiger partial charge in [-0.05, 0) is 69.3 Å². The Morgan fingerprint density at radius 2 is 1.06 bits per heavy atom. The Balaban J connectivity index is 1.92. The molecule has 0 spiro atoms. The highest BCUT2D eigenvalue weighted by atomic mass is 16.5. The van der Waals surface area contributed by atoms with Crippen molar-refractivity contribution in [2.24, 2.45) is 5.73 Å². The minimum absolute atomic E-state index is 0.0152. The van der Waals surface area contributed by atoms with Crippen molar-refractivity contribution in [3.63, 3.8) is 0 Å². The molecule has 0 radical (unpaired) electrons. The van der Waals surface area contributed by atoms with Gasteiger partial charge in [0.15, 0.2) is 0 Å². The van der Waals surface area contributed by atoms with Crippen LogP contribution in [0.5, 0.6) is 0 Å². The number of aromatic nitrogens is 2. The fraction of sp³-hybridized carbons (Fsp3) is 0.514. The SMILES string of the molecule is NCCCCC[C@H]1CNC(=O)c2ccc(c(=O)n2O)C(=O)NCCCN(C(=O)CC(=O)NO)CCCCN(C(=O)CC(=O)NO)CCCNC(=O)c2ccc(n(O)c2=O)C(=O)N1. The van der Waals surface area contributed by atoms with Crippen LogP contribution in [-0.2, 0) is 19.2 Å². The molecule has 2 aromatic rings. The van der Waals surface area contributed by atoms with Crippen molar-refractivity contribution < 1.29 is 59.2 Å². The van der Waals surface area contributed by atoms with Gasteiger partial charge in [0.25, 0.3) is 46.6 Å². The lowest BCUT2D eigenvalue weighted by atomic mass is 10.1. The number of pyridine rings is 2. The standard InChI is InChI=1S/C37H53N11O14/c38-13-3-1-2-8-23-22-41-34(55)26-11-9-24(36(57)47(26)61)32(53)39-14-6-18-45(30(51)20-28(49)43-59)16-4-5-17-46(31(52)21-29(50)44-60)19-7-15-40-33(54)25-10-12-27(35(56)42-23)48(62)37(25)58/h9-12,23,59-62H,1-8,13-22,38H2,(H,39,53)(H,40,54)(H,41,55)(H,42,56)(H,43,49)(H,44,50)/t23-/m0/s1. The molecule has 62 heavy (non-hydrogen) atoms. The van der Waals surface area contributed by atoms with Gasteiger partial charge in [-0.25, -0.2) is 11.0 Å². The first-order valence-electron chi connectivity index (χ1n) is 19.8. The molecule has 4 bridgehead atoms. The number of rotatable bonds is 9. The molecule has 12 N–H and O–H groups in total. The van der Waals surface area contributed by atoms with Crippen molar-refractivity contribution in [2.75, 3.05) is 52.4 Å². The number of nitrogens with two attached hydrogens (primary N) is 1. The molecule has 5 heterocycles. The van der Waals surface area contributed by atoms with E-state index in [1.807, 2.05) is 0 Å². The molecule has 0 aliphatic carbocycles. The lowest BCUT2D eigenvalue weighted by Gasteiger charge is -2.25. The van der Waals surface area contributed by atoms with Crippen molar-refractivity contribution >= 4 is 47.3 Å². The van der Waals surface area contributed by atoms with E-state index in [4.69, 9.17) is 16.1 Å². The van der Waals surface area contributed by atoms with Gasteiger partial charge >= 0.3 is 0 Å². The van der Waals surface area contributed by atoms with Crippen molar-refractivity contribution in [1.82, 2.24) is 51.5 Å². The summed E-state index contributed by atoms with van der Waals surface area (Å²) in [6.45, 7) is -0.000195. The molecular formula is C37H53N11O14. The highest BCUT2D eigenvalue weighted by Gasteiger charge is 2.25. The monoisotopic (exact) mass is 875 g/mol. The molecule has 25 nitrogen and oxygen atoms in total. The van der Waals surface area contributed by atoms with Crippen molar-refractivity contribution in [3.8, 4) is 0 Å². The maximum Gasteiger partial charge on any atom is 0.296 e. The molecule has 3 aliphatic heterocycles. The fourth-order valence-corrected chi connectivity index (χ4v) is 6.29. The Morgan fingerprint density at radius 3 is 1.52 bits per heavy atom. The van der Waals surface area contributed by atoms with E-state index >= 15 is 0 Å². The molecular weight excluding hydrogens is 822 g/mol. The van der Waals surface area contributed by atoms with E-state index in [1.165, 1.54) is 20.8 Å². The van der Waals surface area contributed by atoms with Crippen LogP contribution in [0, 0.1) is 0 Å². The Morgan fingerprint density at radius 1 is 0.613 bits per heavy atom. The number of hydrogen-bond donors (Lipinski definition) is 11. The number of hydroxylamine groups is 2. The Bertz CT molecular complexity index is 2070. The van der Waals surface area contributed by atoms with Gasteiger partial charge in [-0.2, -0.15) is 0 Å². The van der Waals surface area contributed by atoms with Gasteiger partial charge in [-0.3, -0.25) is 58.4 Å². The first kappa shape index (κ1) is 49.5.